The number of nitrogens with zero attached hydrogens (tertiary/aromatic N) is 2. The molecule has 1 aromatic carbocycles. The van der Waals surface area contributed by atoms with E-state index in [-0.39, 0.29) is 11.3 Å². The summed E-state index contributed by atoms with van der Waals surface area (Å²) >= 11 is 0. The summed E-state index contributed by atoms with van der Waals surface area (Å²) in [6, 6.07) is 8.45. The van der Waals surface area contributed by atoms with Gasteiger partial charge in [0.2, 0.25) is 5.91 Å². The van der Waals surface area contributed by atoms with E-state index in [1.54, 1.807) is 0 Å². The summed E-state index contributed by atoms with van der Waals surface area (Å²) in [5.41, 5.74) is 1.30. The van der Waals surface area contributed by atoms with Crippen LogP contribution in [0.2, 0.25) is 0 Å². The van der Waals surface area contributed by atoms with Gasteiger partial charge in [0.1, 0.15) is 11.1 Å². The molecule has 0 aliphatic carbocycles. The number of piperidine rings is 1. The number of hydrogen-bond acceptors (Lipinski definition) is 5. The lowest BCUT2D eigenvalue weighted by Crippen LogP contribution is -2.60. The SMILES string of the molecule is CC1(C)CNC(=O)C2(CCN(c3nc4ccccc4o3)CC2)NC1. The first-order valence-electron chi connectivity index (χ1n) is 8.61. The second-order valence-electron chi connectivity index (χ2n) is 7.73. The topological polar surface area (TPSA) is 70.4 Å². The second-order valence-corrected chi connectivity index (χ2v) is 7.73. The molecule has 2 saturated heterocycles. The van der Waals surface area contributed by atoms with Gasteiger partial charge in [-0.05, 0) is 30.4 Å². The van der Waals surface area contributed by atoms with Gasteiger partial charge in [0.25, 0.3) is 6.01 Å². The molecule has 0 saturated carbocycles. The molecule has 0 radical (unpaired) electrons. The van der Waals surface area contributed by atoms with E-state index >= 15 is 0 Å². The van der Waals surface area contributed by atoms with Crippen molar-refractivity contribution in [2.75, 3.05) is 31.1 Å². The Balaban J connectivity index is 1.50. The molecule has 1 aromatic heterocycles. The van der Waals surface area contributed by atoms with Gasteiger partial charge in [-0.1, -0.05) is 26.0 Å². The van der Waals surface area contributed by atoms with Crippen LogP contribution in [0.5, 0.6) is 0 Å². The van der Waals surface area contributed by atoms with Crippen molar-refractivity contribution in [2.45, 2.75) is 32.2 Å². The van der Waals surface area contributed by atoms with Gasteiger partial charge < -0.3 is 20.0 Å². The normalized spacial score (nSPS) is 23.2. The van der Waals surface area contributed by atoms with Crippen LogP contribution in [0.3, 0.4) is 0 Å². The smallest absolute Gasteiger partial charge is 0.298 e. The number of carbonyl (C=O) groups is 1. The molecule has 3 heterocycles. The van der Waals surface area contributed by atoms with Crippen LogP contribution in [-0.2, 0) is 4.79 Å². The number of amides is 1. The van der Waals surface area contributed by atoms with Gasteiger partial charge in [-0.2, -0.15) is 4.98 Å². The van der Waals surface area contributed by atoms with Gasteiger partial charge in [0.15, 0.2) is 5.58 Å². The van der Waals surface area contributed by atoms with Gasteiger partial charge in [0, 0.05) is 26.2 Å². The molecule has 2 aromatic rings. The highest BCUT2D eigenvalue weighted by atomic mass is 16.4. The number of rotatable bonds is 1. The maximum absolute atomic E-state index is 12.6. The fourth-order valence-corrected chi connectivity index (χ4v) is 3.52. The zero-order chi connectivity index (χ0) is 16.8. The van der Waals surface area contributed by atoms with Crippen molar-refractivity contribution >= 4 is 23.0 Å². The third-order valence-electron chi connectivity index (χ3n) is 5.24. The molecule has 1 amide bonds. The van der Waals surface area contributed by atoms with Crippen molar-refractivity contribution in [1.29, 1.82) is 0 Å². The third-order valence-corrected chi connectivity index (χ3v) is 5.24. The Hall–Kier alpha value is -2.08. The quantitative estimate of drug-likeness (QED) is 0.837. The van der Waals surface area contributed by atoms with Gasteiger partial charge in [-0.25, -0.2) is 0 Å². The summed E-state index contributed by atoms with van der Waals surface area (Å²) in [5, 5.41) is 6.66. The Morgan fingerprint density at radius 1 is 1.17 bits per heavy atom. The molecule has 0 atom stereocenters. The molecule has 24 heavy (non-hydrogen) atoms. The van der Waals surface area contributed by atoms with Crippen LogP contribution in [0.25, 0.3) is 11.1 Å². The van der Waals surface area contributed by atoms with E-state index in [1.165, 1.54) is 0 Å². The highest BCUT2D eigenvalue weighted by molar-refractivity contribution is 5.87. The van der Waals surface area contributed by atoms with Crippen LogP contribution in [0.1, 0.15) is 26.7 Å². The van der Waals surface area contributed by atoms with E-state index in [1.807, 2.05) is 24.3 Å². The number of anilines is 1. The molecule has 4 rings (SSSR count). The van der Waals surface area contributed by atoms with Gasteiger partial charge >= 0.3 is 0 Å². The minimum atomic E-state index is -0.462. The van der Waals surface area contributed by atoms with Crippen LogP contribution in [0.4, 0.5) is 6.01 Å². The second kappa shape index (κ2) is 5.48. The predicted octanol–water partition coefficient (Wildman–Crippen LogP) is 1.91. The Morgan fingerprint density at radius 3 is 2.67 bits per heavy atom. The van der Waals surface area contributed by atoms with Crippen molar-refractivity contribution in [2.24, 2.45) is 5.41 Å². The Labute approximate surface area is 141 Å². The van der Waals surface area contributed by atoms with Crippen LogP contribution in [0, 0.1) is 5.41 Å². The maximum atomic E-state index is 12.6. The zero-order valence-electron chi connectivity index (χ0n) is 14.3. The molecule has 2 N–H and O–H groups in total. The lowest BCUT2D eigenvalue weighted by Gasteiger charge is -2.40. The van der Waals surface area contributed by atoms with Crippen molar-refractivity contribution in [3.05, 3.63) is 24.3 Å². The number of hydrogen-bond donors (Lipinski definition) is 2. The average Bonchev–Trinajstić information content (AvgIpc) is 2.98. The molecule has 1 spiro atoms. The van der Waals surface area contributed by atoms with Crippen molar-refractivity contribution in [1.82, 2.24) is 15.6 Å². The van der Waals surface area contributed by atoms with Crippen LogP contribution in [0.15, 0.2) is 28.7 Å². The van der Waals surface area contributed by atoms with Crippen LogP contribution < -0.4 is 15.5 Å². The highest BCUT2D eigenvalue weighted by Gasteiger charge is 2.44. The van der Waals surface area contributed by atoms with Crippen molar-refractivity contribution in [3.63, 3.8) is 0 Å². The Kier molecular flexibility index (Phi) is 3.53. The van der Waals surface area contributed by atoms with E-state index < -0.39 is 5.54 Å². The minimum absolute atomic E-state index is 0.0799. The Morgan fingerprint density at radius 2 is 1.92 bits per heavy atom. The number of aromatic nitrogens is 1. The Bertz CT molecular complexity index is 726. The zero-order valence-corrected chi connectivity index (χ0v) is 14.3. The average molecular weight is 328 g/mol. The molecular weight excluding hydrogens is 304 g/mol. The molecule has 0 unspecified atom stereocenters. The summed E-state index contributed by atoms with van der Waals surface area (Å²) in [6.45, 7) is 7.42. The predicted molar refractivity (Wildman–Crippen MR) is 93.0 cm³/mol. The number of oxazole rings is 1. The first-order valence-corrected chi connectivity index (χ1v) is 8.61. The third kappa shape index (κ3) is 2.65. The van der Waals surface area contributed by atoms with Crippen LogP contribution in [-0.4, -0.2) is 42.6 Å². The number of carbonyl (C=O) groups excluding carboxylic acids is 1. The van der Waals surface area contributed by atoms with Crippen LogP contribution >= 0.6 is 0 Å². The fraction of sp³-hybridized carbons (Fsp3) is 0.556. The lowest BCUT2D eigenvalue weighted by molar-refractivity contribution is -0.127. The minimum Gasteiger partial charge on any atom is -0.423 e. The van der Waals surface area contributed by atoms with E-state index in [9.17, 15) is 4.79 Å². The van der Waals surface area contributed by atoms with Gasteiger partial charge in [0.05, 0.1) is 0 Å². The summed E-state index contributed by atoms with van der Waals surface area (Å²) < 4.78 is 5.86. The molecule has 0 bridgehead atoms. The first kappa shape index (κ1) is 15.4. The number of nitrogens with one attached hydrogen (secondary N) is 2. The van der Waals surface area contributed by atoms with E-state index in [4.69, 9.17) is 4.42 Å². The monoisotopic (exact) mass is 328 g/mol. The lowest BCUT2D eigenvalue weighted by atomic mass is 9.86. The van der Waals surface area contributed by atoms with Gasteiger partial charge in [-0.15, -0.1) is 0 Å². The molecule has 6 nitrogen and oxygen atoms in total. The standard InChI is InChI=1S/C18H24N4O2/c1-17(2)11-19-15(23)18(20-12-17)7-9-22(10-8-18)16-21-13-5-3-4-6-14(13)24-16/h3-6,20H,7-12H2,1-2H3,(H,19,23). The number of benzene rings is 1. The molecule has 6 heteroatoms. The summed E-state index contributed by atoms with van der Waals surface area (Å²) in [7, 11) is 0. The summed E-state index contributed by atoms with van der Waals surface area (Å²) in [4.78, 5) is 19.3. The molecule has 128 valence electrons. The van der Waals surface area contributed by atoms with Crippen molar-refractivity contribution in [3.8, 4) is 0 Å². The van der Waals surface area contributed by atoms with E-state index in [2.05, 4.69) is 34.4 Å². The molecular formula is C18H24N4O2. The number of fused-ring (bicyclic) bond motifs is 1. The maximum Gasteiger partial charge on any atom is 0.298 e. The van der Waals surface area contributed by atoms with Gasteiger partial charge in [-0.3, -0.25) is 4.79 Å². The number of para-hydroxylation sites is 2. The first-order chi connectivity index (χ1) is 11.5. The molecule has 2 fully saturated rings. The summed E-state index contributed by atoms with van der Waals surface area (Å²) in [6.07, 6.45) is 1.52. The molecule has 2 aliphatic heterocycles. The van der Waals surface area contributed by atoms with E-state index in [0.717, 1.165) is 50.1 Å². The summed E-state index contributed by atoms with van der Waals surface area (Å²) in [5.74, 6) is 0.130. The fourth-order valence-electron chi connectivity index (χ4n) is 3.52. The van der Waals surface area contributed by atoms with Crippen molar-refractivity contribution < 1.29 is 9.21 Å². The largest absolute Gasteiger partial charge is 0.423 e. The molecule has 2 aliphatic rings. The van der Waals surface area contributed by atoms with E-state index in [0.29, 0.717) is 6.01 Å². The highest BCUT2D eigenvalue weighted by Crippen LogP contribution is 2.30.